The number of halogens is 1. The first-order chi connectivity index (χ1) is 12.6. The fourth-order valence-electron chi connectivity index (χ4n) is 2.78. The highest BCUT2D eigenvalue weighted by molar-refractivity contribution is 7.99. The Balaban J connectivity index is 1.46. The van der Waals surface area contributed by atoms with E-state index in [1.165, 1.54) is 17.8 Å². The fourth-order valence-corrected chi connectivity index (χ4v) is 3.92. The lowest BCUT2D eigenvalue weighted by Gasteiger charge is -2.26. The largest absolute Gasteiger partial charge is 0.348 e. The topological polar surface area (TPSA) is 70.2 Å². The van der Waals surface area contributed by atoms with Crippen molar-refractivity contribution in [2.75, 3.05) is 12.3 Å². The molecule has 2 aromatic carbocycles. The van der Waals surface area contributed by atoms with Crippen molar-refractivity contribution in [1.29, 1.82) is 0 Å². The molecule has 0 fully saturated rings. The maximum atomic E-state index is 13.9. The molecule has 2 aromatic rings. The van der Waals surface area contributed by atoms with E-state index >= 15 is 0 Å². The molecule has 1 aliphatic heterocycles. The van der Waals surface area contributed by atoms with Crippen LogP contribution in [0.1, 0.15) is 23.6 Å². The Kier molecular flexibility index (Phi) is 6.12. The fraction of sp³-hybridized carbons (Fsp3) is 0.263. The number of carbonyl (C=O) groups is 2. The minimum absolute atomic E-state index is 0.130. The number of amides is 3. The monoisotopic (exact) mass is 373 g/mol. The van der Waals surface area contributed by atoms with Crippen LogP contribution in [0.15, 0.2) is 53.4 Å². The van der Waals surface area contributed by atoms with Gasteiger partial charge in [0.25, 0.3) is 0 Å². The Bertz CT molecular complexity index is 786. The van der Waals surface area contributed by atoms with Crippen LogP contribution in [-0.2, 0) is 11.3 Å². The van der Waals surface area contributed by atoms with Gasteiger partial charge in [-0.3, -0.25) is 4.79 Å². The van der Waals surface area contributed by atoms with Crippen LogP contribution in [0, 0.1) is 5.82 Å². The molecule has 0 spiro atoms. The summed E-state index contributed by atoms with van der Waals surface area (Å²) in [5, 5.41) is 8.10. The predicted octanol–water partition coefficient (Wildman–Crippen LogP) is 2.98. The van der Waals surface area contributed by atoms with Crippen molar-refractivity contribution in [2.24, 2.45) is 0 Å². The Morgan fingerprint density at radius 2 is 1.88 bits per heavy atom. The van der Waals surface area contributed by atoms with Crippen LogP contribution in [0.2, 0.25) is 0 Å². The molecule has 7 heteroatoms. The lowest BCUT2D eigenvalue weighted by molar-refractivity contribution is -0.120. The molecule has 1 aliphatic rings. The van der Waals surface area contributed by atoms with Gasteiger partial charge in [0.2, 0.25) is 5.91 Å². The Morgan fingerprint density at radius 1 is 1.08 bits per heavy atom. The van der Waals surface area contributed by atoms with Gasteiger partial charge in [0.05, 0.1) is 12.6 Å². The second kappa shape index (κ2) is 8.71. The molecule has 26 heavy (non-hydrogen) atoms. The number of hydrogen-bond acceptors (Lipinski definition) is 3. The minimum Gasteiger partial charge on any atom is -0.348 e. The van der Waals surface area contributed by atoms with Crippen molar-refractivity contribution in [3.8, 4) is 0 Å². The molecule has 0 bridgehead atoms. The number of hydrogen-bond donors (Lipinski definition) is 3. The van der Waals surface area contributed by atoms with Crippen LogP contribution in [0.5, 0.6) is 0 Å². The first-order valence-corrected chi connectivity index (χ1v) is 9.38. The summed E-state index contributed by atoms with van der Waals surface area (Å²) in [6, 6.07) is 13.8. The van der Waals surface area contributed by atoms with E-state index in [0.29, 0.717) is 11.4 Å². The van der Waals surface area contributed by atoms with E-state index in [1.54, 1.807) is 6.07 Å². The summed E-state index contributed by atoms with van der Waals surface area (Å²) in [5.41, 5.74) is 1.77. The van der Waals surface area contributed by atoms with Crippen molar-refractivity contribution in [3.05, 3.63) is 65.5 Å². The summed E-state index contributed by atoms with van der Waals surface area (Å²) in [4.78, 5) is 24.5. The molecular formula is C19H20FN3O2S. The maximum absolute atomic E-state index is 13.9. The van der Waals surface area contributed by atoms with Crippen LogP contribution >= 0.6 is 11.8 Å². The third-order valence-electron chi connectivity index (χ3n) is 4.07. The first-order valence-electron chi connectivity index (χ1n) is 8.39. The standard InChI is InChI=1S/C19H20FN3O2S/c20-15-8-4-7-14-16(9-10-26-18(14)15)23-17(24)12-22-19(25)21-11-13-5-2-1-3-6-13/h1-8,16H,9-12H2,(H,23,24)(H2,21,22,25)/t16-/m1/s1. The molecule has 136 valence electrons. The van der Waals surface area contributed by atoms with Crippen LogP contribution in [-0.4, -0.2) is 24.2 Å². The summed E-state index contributed by atoms with van der Waals surface area (Å²) in [6.45, 7) is 0.260. The molecule has 0 unspecified atom stereocenters. The number of thioether (sulfide) groups is 1. The highest BCUT2D eigenvalue weighted by Crippen LogP contribution is 2.37. The Hall–Kier alpha value is -2.54. The van der Waals surface area contributed by atoms with Gasteiger partial charge in [-0.15, -0.1) is 11.8 Å². The van der Waals surface area contributed by atoms with E-state index in [-0.39, 0.29) is 24.3 Å². The van der Waals surface area contributed by atoms with Crippen LogP contribution < -0.4 is 16.0 Å². The highest BCUT2D eigenvalue weighted by atomic mass is 32.2. The van der Waals surface area contributed by atoms with Gasteiger partial charge in [-0.1, -0.05) is 42.5 Å². The zero-order valence-corrected chi connectivity index (χ0v) is 14.9. The molecule has 3 amide bonds. The molecule has 0 aliphatic carbocycles. The van der Waals surface area contributed by atoms with E-state index in [9.17, 15) is 14.0 Å². The summed E-state index contributed by atoms with van der Waals surface area (Å²) >= 11 is 1.46. The molecule has 0 saturated heterocycles. The molecule has 5 nitrogen and oxygen atoms in total. The van der Waals surface area contributed by atoms with Gasteiger partial charge in [-0.25, -0.2) is 9.18 Å². The number of nitrogens with one attached hydrogen (secondary N) is 3. The van der Waals surface area contributed by atoms with Crippen molar-refractivity contribution in [3.63, 3.8) is 0 Å². The number of fused-ring (bicyclic) bond motifs is 1. The van der Waals surface area contributed by atoms with Gasteiger partial charge in [0.1, 0.15) is 5.82 Å². The van der Waals surface area contributed by atoms with Gasteiger partial charge in [-0.05, 0) is 23.6 Å². The summed E-state index contributed by atoms with van der Waals surface area (Å²) < 4.78 is 13.9. The third-order valence-corrected chi connectivity index (χ3v) is 5.23. The van der Waals surface area contributed by atoms with E-state index in [0.717, 1.165) is 23.3 Å². The van der Waals surface area contributed by atoms with Crippen molar-refractivity contribution >= 4 is 23.7 Å². The van der Waals surface area contributed by atoms with Crippen molar-refractivity contribution in [2.45, 2.75) is 23.9 Å². The normalized spacial score (nSPS) is 15.7. The average molecular weight is 373 g/mol. The summed E-state index contributed by atoms with van der Waals surface area (Å²) in [7, 11) is 0. The zero-order valence-electron chi connectivity index (χ0n) is 14.1. The summed E-state index contributed by atoms with van der Waals surface area (Å²) in [5.74, 6) is 0.181. The third kappa shape index (κ3) is 4.76. The van der Waals surface area contributed by atoms with Gasteiger partial charge in [0.15, 0.2) is 0 Å². The van der Waals surface area contributed by atoms with Gasteiger partial charge in [-0.2, -0.15) is 0 Å². The number of carbonyl (C=O) groups excluding carboxylic acids is 2. The molecule has 3 rings (SSSR count). The Morgan fingerprint density at radius 3 is 2.69 bits per heavy atom. The Labute approximate surface area is 155 Å². The van der Waals surface area contributed by atoms with E-state index < -0.39 is 6.03 Å². The van der Waals surface area contributed by atoms with Crippen molar-refractivity contribution < 1.29 is 14.0 Å². The number of benzene rings is 2. The van der Waals surface area contributed by atoms with E-state index in [2.05, 4.69) is 16.0 Å². The number of rotatable bonds is 5. The second-order valence-electron chi connectivity index (χ2n) is 5.94. The lowest BCUT2D eigenvalue weighted by atomic mass is 10.0. The maximum Gasteiger partial charge on any atom is 0.315 e. The minimum atomic E-state index is -0.408. The summed E-state index contributed by atoms with van der Waals surface area (Å²) in [6.07, 6.45) is 0.729. The van der Waals surface area contributed by atoms with Gasteiger partial charge < -0.3 is 16.0 Å². The quantitative estimate of drug-likeness (QED) is 0.755. The molecular weight excluding hydrogens is 353 g/mol. The predicted molar refractivity (Wildman–Crippen MR) is 99.3 cm³/mol. The molecule has 0 aromatic heterocycles. The lowest BCUT2D eigenvalue weighted by Crippen LogP contribution is -2.43. The molecule has 3 N–H and O–H groups in total. The van der Waals surface area contributed by atoms with Gasteiger partial charge >= 0.3 is 6.03 Å². The molecule has 1 heterocycles. The van der Waals surface area contributed by atoms with Crippen LogP contribution in [0.3, 0.4) is 0 Å². The molecule has 1 atom stereocenters. The SMILES string of the molecule is O=C(CNC(=O)NCc1ccccc1)N[C@@H]1CCSc2c(F)cccc21. The highest BCUT2D eigenvalue weighted by Gasteiger charge is 2.24. The van der Waals surface area contributed by atoms with E-state index in [4.69, 9.17) is 0 Å². The van der Waals surface area contributed by atoms with E-state index in [1.807, 2.05) is 36.4 Å². The smallest absolute Gasteiger partial charge is 0.315 e. The second-order valence-corrected chi connectivity index (χ2v) is 7.04. The van der Waals surface area contributed by atoms with Gasteiger partial charge in [0, 0.05) is 17.2 Å². The zero-order chi connectivity index (χ0) is 18.4. The number of urea groups is 1. The van der Waals surface area contributed by atoms with Crippen LogP contribution in [0.4, 0.5) is 9.18 Å². The van der Waals surface area contributed by atoms with Crippen LogP contribution in [0.25, 0.3) is 0 Å². The van der Waals surface area contributed by atoms with Crippen molar-refractivity contribution in [1.82, 2.24) is 16.0 Å². The first kappa shape index (κ1) is 18.3. The molecule has 0 saturated carbocycles. The molecule has 0 radical (unpaired) electrons. The average Bonchev–Trinajstić information content (AvgIpc) is 2.66.